The molecule has 0 saturated carbocycles. The number of anilines is 1. The highest BCUT2D eigenvalue weighted by Gasteiger charge is 2.18. The largest absolute Gasteiger partial charge is 0.354 e. The first-order chi connectivity index (χ1) is 15.3. The van der Waals surface area contributed by atoms with Gasteiger partial charge >= 0.3 is 0 Å². The molecule has 4 aromatic rings. The molecule has 9 heteroatoms. The number of hydrogen-bond acceptors (Lipinski definition) is 8. The Morgan fingerprint density at radius 1 is 0.806 bits per heavy atom. The highest BCUT2D eigenvalue weighted by molar-refractivity contribution is 5.71. The van der Waals surface area contributed by atoms with Crippen molar-refractivity contribution in [3.63, 3.8) is 0 Å². The number of hydrogen-bond donors (Lipinski definition) is 0. The second-order valence-corrected chi connectivity index (χ2v) is 7.41. The molecule has 9 nitrogen and oxygen atoms in total. The van der Waals surface area contributed by atoms with Crippen molar-refractivity contribution in [3.8, 4) is 11.3 Å². The lowest BCUT2D eigenvalue weighted by Crippen LogP contribution is -2.48. The van der Waals surface area contributed by atoms with Crippen LogP contribution in [-0.4, -0.2) is 67.3 Å². The van der Waals surface area contributed by atoms with E-state index in [0.717, 1.165) is 55.3 Å². The maximum Gasteiger partial charge on any atom is 0.266 e. The minimum absolute atomic E-state index is 0.0853. The summed E-state index contributed by atoms with van der Waals surface area (Å²) in [6.07, 6.45) is 6.79. The molecule has 156 valence electrons. The molecule has 0 radical (unpaired) electrons. The average molecular weight is 414 g/mol. The first-order valence-corrected chi connectivity index (χ1v) is 10.3. The maximum absolute atomic E-state index is 12.3. The average Bonchev–Trinajstić information content (AvgIpc) is 2.84. The monoisotopic (exact) mass is 414 g/mol. The molecular formula is C22H22N8O. The molecule has 0 amide bonds. The van der Waals surface area contributed by atoms with Crippen LogP contribution < -0.4 is 10.5 Å². The van der Waals surface area contributed by atoms with Crippen LogP contribution in [0.25, 0.3) is 22.4 Å². The van der Waals surface area contributed by atoms with E-state index in [4.69, 9.17) is 0 Å². The van der Waals surface area contributed by atoms with Gasteiger partial charge in [-0.2, -0.15) is 5.10 Å². The van der Waals surface area contributed by atoms with Gasteiger partial charge in [-0.1, -0.05) is 0 Å². The van der Waals surface area contributed by atoms with Gasteiger partial charge in [-0.3, -0.25) is 19.7 Å². The number of rotatable bonds is 5. The van der Waals surface area contributed by atoms with Gasteiger partial charge in [0.25, 0.3) is 5.56 Å². The normalized spacial score (nSPS) is 14.8. The quantitative estimate of drug-likeness (QED) is 0.485. The molecule has 0 N–H and O–H groups in total. The van der Waals surface area contributed by atoms with Crippen LogP contribution in [0.3, 0.4) is 0 Å². The van der Waals surface area contributed by atoms with E-state index in [1.807, 2.05) is 24.3 Å². The minimum Gasteiger partial charge on any atom is -0.354 e. The van der Waals surface area contributed by atoms with Crippen LogP contribution in [0.4, 0.5) is 5.82 Å². The summed E-state index contributed by atoms with van der Waals surface area (Å²) >= 11 is 0. The van der Waals surface area contributed by atoms with Crippen molar-refractivity contribution in [2.24, 2.45) is 0 Å². The molecule has 0 atom stereocenters. The number of nitrogens with zero attached hydrogens (tertiary/aromatic N) is 8. The predicted octanol–water partition coefficient (Wildman–Crippen LogP) is 1.47. The fourth-order valence-corrected chi connectivity index (χ4v) is 3.74. The third kappa shape index (κ3) is 4.26. The molecule has 0 aliphatic carbocycles. The molecule has 1 aliphatic rings. The van der Waals surface area contributed by atoms with Gasteiger partial charge in [0.2, 0.25) is 0 Å². The lowest BCUT2D eigenvalue weighted by molar-refractivity contribution is 0.242. The highest BCUT2D eigenvalue weighted by atomic mass is 16.1. The molecule has 4 aromatic heterocycles. The van der Waals surface area contributed by atoms with E-state index in [1.165, 1.54) is 0 Å². The number of aromatic nitrogens is 6. The van der Waals surface area contributed by atoms with Crippen molar-refractivity contribution in [1.82, 2.24) is 34.6 Å². The van der Waals surface area contributed by atoms with Crippen LogP contribution in [0.2, 0.25) is 0 Å². The molecule has 1 fully saturated rings. The van der Waals surface area contributed by atoms with E-state index in [2.05, 4.69) is 34.8 Å². The predicted molar refractivity (Wildman–Crippen MR) is 118 cm³/mol. The van der Waals surface area contributed by atoms with Crippen LogP contribution in [0.5, 0.6) is 0 Å². The zero-order valence-corrected chi connectivity index (χ0v) is 17.0. The van der Waals surface area contributed by atoms with E-state index >= 15 is 0 Å². The van der Waals surface area contributed by atoms with E-state index < -0.39 is 0 Å². The van der Waals surface area contributed by atoms with Crippen LogP contribution in [0, 0.1) is 0 Å². The minimum atomic E-state index is -0.0853. The molecule has 0 bridgehead atoms. The summed E-state index contributed by atoms with van der Waals surface area (Å²) in [4.78, 5) is 34.1. The van der Waals surface area contributed by atoms with E-state index in [9.17, 15) is 4.79 Å². The topological polar surface area (TPSA) is 92.9 Å². The van der Waals surface area contributed by atoms with Gasteiger partial charge in [0, 0.05) is 69.1 Å². The maximum atomic E-state index is 12.3. The Morgan fingerprint density at radius 3 is 2.45 bits per heavy atom. The molecule has 5 rings (SSSR count). The highest BCUT2D eigenvalue weighted by Crippen LogP contribution is 2.17. The summed E-state index contributed by atoms with van der Waals surface area (Å²) in [5.41, 5.74) is 3.11. The molecule has 5 heterocycles. The van der Waals surface area contributed by atoms with Crippen LogP contribution >= 0.6 is 0 Å². The summed E-state index contributed by atoms with van der Waals surface area (Å²) in [5.74, 6) is 0.926. The Kier molecular flexibility index (Phi) is 5.32. The molecule has 1 aliphatic heterocycles. The third-order valence-corrected chi connectivity index (χ3v) is 5.48. The summed E-state index contributed by atoms with van der Waals surface area (Å²) in [5, 5.41) is 4.53. The van der Waals surface area contributed by atoms with Gasteiger partial charge in [0.15, 0.2) is 5.65 Å². The van der Waals surface area contributed by atoms with Crippen molar-refractivity contribution >= 4 is 17.0 Å². The Balaban J connectivity index is 1.21. The van der Waals surface area contributed by atoms with Gasteiger partial charge in [0.05, 0.1) is 12.2 Å². The first kappa shape index (κ1) is 19.3. The number of pyridine rings is 2. The van der Waals surface area contributed by atoms with Gasteiger partial charge in [-0.15, -0.1) is 0 Å². The van der Waals surface area contributed by atoms with Gasteiger partial charge in [-0.25, -0.2) is 14.6 Å². The zero-order chi connectivity index (χ0) is 21.0. The molecule has 0 spiro atoms. The van der Waals surface area contributed by atoms with Crippen LogP contribution in [0.1, 0.15) is 0 Å². The zero-order valence-electron chi connectivity index (χ0n) is 17.0. The van der Waals surface area contributed by atoms with Crippen molar-refractivity contribution < 1.29 is 0 Å². The molecule has 0 unspecified atom stereocenters. The standard InChI is InChI=1S/C22H22N8O/c31-21-4-2-18(17-5-7-23-8-6-17)27-30(21)16-13-28-11-14-29(15-12-28)20-3-1-19-22(26-20)25-10-9-24-19/h1-10H,11-16H2. The van der Waals surface area contributed by atoms with Crippen molar-refractivity contribution in [3.05, 3.63) is 71.5 Å². The SMILES string of the molecule is O=c1ccc(-c2ccncc2)nn1CCN1CCN(c2ccc3nccnc3n2)CC1. The van der Waals surface area contributed by atoms with Crippen LogP contribution in [0.15, 0.2) is 66.0 Å². The summed E-state index contributed by atoms with van der Waals surface area (Å²) < 4.78 is 1.55. The van der Waals surface area contributed by atoms with Crippen molar-refractivity contribution in [2.45, 2.75) is 6.54 Å². The Bertz CT molecular complexity index is 1230. The lowest BCUT2D eigenvalue weighted by Gasteiger charge is -2.35. The molecule has 31 heavy (non-hydrogen) atoms. The molecular weight excluding hydrogens is 392 g/mol. The van der Waals surface area contributed by atoms with Gasteiger partial charge < -0.3 is 4.90 Å². The summed E-state index contributed by atoms with van der Waals surface area (Å²) in [7, 11) is 0. The third-order valence-electron chi connectivity index (χ3n) is 5.48. The van der Waals surface area contributed by atoms with Crippen molar-refractivity contribution in [2.75, 3.05) is 37.6 Å². The summed E-state index contributed by atoms with van der Waals surface area (Å²) in [6.45, 7) is 4.88. The number of piperazine rings is 1. The Labute approximate surface area is 179 Å². The second-order valence-electron chi connectivity index (χ2n) is 7.41. The van der Waals surface area contributed by atoms with Crippen molar-refractivity contribution in [1.29, 1.82) is 0 Å². The van der Waals surface area contributed by atoms with Crippen LogP contribution in [-0.2, 0) is 6.54 Å². The fourth-order valence-electron chi connectivity index (χ4n) is 3.74. The van der Waals surface area contributed by atoms with Gasteiger partial charge in [-0.05, 0) is 30.3 Å². The summed E-state index contributed by atoms with van der Waals surface area (Å²) in [6, 6.07) is 11.1. The lowest BCUT2D eigenvalue weighted by atomic mass is 10.2. The number of fused-ring (bicyclic) bond motifs is 1. The molecule has 1 saturated heterocycles. The first-order valence-electron chi connectivity index (χ1n) is 10.3. The Morgan fingerprint density at radius 2 is 1.61 bits per heavy atom. The van der Waals surface area contributed by atoms with E-state index in [1.54, 1.807) is 41.6 Å². The van der Waals surface area contributed by atoms with E-state index in [0.29, 0.717) is 12.2 Å². The van der Waals surface area contributed by atoms with E-state index in [-0.39, 0.29) is 5.56 Å². The Hall–Kier alpha value is -3.72. The smallest absolute Gasteiger partial charge is 0.266 e. The molecule has 0 aromatic carbocycles. The van der Waals surface area contributed by atoms with Gasteiger partial charge in [0.1, 0.15) is 11.3 Å². The fraction of sp³-hybridized carbons (Fsp3) is 0.273. The second kappa shape index (κ2) is 8.57.